The second-order valence-electron chi connectivity index (χ2n) is 4.10. The normalized spacial score (nSPS) is 26.5. The van der Waals surface area contributed by atoms with E-state index in [1.165, 1.54) is 5.56 Å². The summed E-state index contributed by atoms with van der Waals surface area (Å²) in [5.74, 6) is 0. The van der Waals surface area contributed by atoms with Crippen molar-refractivity contribution in [3.8, 4) is 0 Å². The Morgan fingerprint density at radius 3 is 2.73 bits per heavy atom. The van der Waals surface area contributed by atoms with E-state index >= 15 is 0 Å². The fourth-order valence-electron chi connectivity index (χ4n) is 2.02. The molecule has 2 nitrogen and oxygen atoms in total. The first-order valence-electron chi connectivity index (χ1n) is 5.41. The SMILES string of the molecule is O[C@H]1CCCN[C@H]1Cc1ccc(Cl)cc1. The number of nitrogens with one attached hydrogen (secondary N) is 1. The Morgan fingerprint density at radius 1 is 1.33 bits per heavy atom. The lowest BCUT2D eigenvalue weighted by atomic mass is 9.95. The maximum absolute atomic E-state index is 9.80. The van der Waals surface area contributed by atoms with Crippen LogP contribution in [0.5, 0.6) is 0 Å². The van der Waals surface area contributed by atoms with Crippen molar-refractivity contribution in [2.75, 3.05) is 6.54 Å². The molecule has 1 aromatic rings. The van der Waals surface area contributed by atoms with Crippen LogP contribution in [-0.2, 0) is 6.42 Å². The Balaban J connectivity index is 1.98. The van der Waals surface area contributed by atoms with Crippen LogP contribution >= 0.6 is 11.6 Å². The van der Waals surface area contributed by atoms with Crippen molar-refractivity contribution in [3.05, 3.63) is 34.9 Å². The highest BCUT2D eigenvalue weighted by atomic mass is 35.5. The summed E-state index contributed by atoms with van der Waals surface area (Å²) in [7, 11) is 0. The van der Waals surface area contributed by atoms with Gasteiger partial charge in [-0.15, -0.1) is 0 Å². The zero-order valence-electron chi connectivity index (χ0n) is 8.62. The van der Waals surface area contributed by atoms with Gasteiger partial charge in [-0.3, -0.25) is 0 Å². The molecule has 0 saturated carbocycles. The van der Waals surface area contributed by atoms with Crippen LogP contribution in [0.4, 0.5) is 0 Å². The number of piperidine rings is 1. The standard InChI is InChI=1S/C12H16ClNO/c13-10-5-3-9(4-6-10)8-11-12(15)2-1-7-14-11/h3-6,11-12,14-15H,1-2,7-8H2/t11-,12-/m0/s1. The summed E-state index contributed by atoms with van der Waals surface area (Å²) in [6, 6.07) is 8.02. The molecule has 1 saturated heterocycles. The van der Waals surface area contributed by atoms with Gasteiger partial charge in [0.15, 0.2) is 0 Å². The Bertz CT molecular complexity index is 312. The highest BCUT2D eigenvalue weighted by molar-refractivity contribution is 6.30. The Kier molecular flexibility index (Phi) is 3.62. The van der Waals surface area contributed by atoms with Crippen molar-refractivity contribution in [3.63, 3.8) is 0 Å². The molecule has 0 aliphatic carbocycles. The lowest BCUT2D eigenvalue weighted by Gasteiger charge is -2.29. The van der Waals surface area contributed by atoms with E-state index in [4.69, 9.17) is 11.6 Å². The van der Waals surface area contributed by atoms with Gasteiger partial charge in [-0.25, -0.2) is 0 Å². The van der Waals surface area contributed by atoms with Gasteiger partial charge in [0, 0.05) is 11.1 Å². The lowest BCUT2D eigenvalue weighted by Crippen LogP contribution is -2.46. The van der Waals surface area contributed by atoms with E-state index in [0.29, 0.717) is 0 Å². The van der Waals surface area contributed by atoms with Crippen LogP contribution in [-0.4, -0.2) is 23.8 Å². The molecule has 0 bridgehead atoms. The number of hydrogen-bond acceptors (Lipinski definition) is 2. The van der Waals surface area contributed by atoms with Crippen molar-refractivity contribution >= 4 is 11.6 Å². The summed E-state index contributed by atoms with van der Waals surface area (Å²) in [6.07, 6.45) is 2.64. The molecular formula is C12H16ClNO. The number of aliphatic hydroxyl groups excluding tert-OH is 1. The van der Waals surface area contributed by atoms with Gasteiger partial charge < -0.3 is 10.4 Å². The summed E-state index contributed by atoms with van der Waals surface area (Å²) in [4.78, 5) is 0. The molecule has 82 valence electrons. The van der Waals surface area contributed by atoms with Gasteiger partial charge in [-0.1, -0.05) is 23.7 Å². The average molecular weight is 226 g/mol. The molecular weight excluding hydrogens is 210 g/mol. The third-order valence-corrected chi connectivity index (χ3v) is 3.17. The summed E-state index contributed by atoms with van der Waals surface area (Å²) in [5.41, 5.74) is 1.22. The van der Waals surface area contributed by atoms with Gasteiger partial charge in [-0.2, -0.15) is 0 Å². The predicted octanol–water partition coefficient (Wildman–Crippen LogP) is 2.00. The Labute approximate surface area is 95.3 Å². The second-order valence-corrected chi connectivity index (χ2v) is 4.54. The van der Waals surface area contributed by atoms with Crippen molar-refractivity contribution in [1.29, 1.82) is 0 Å². The topological polar surface area (TPSA) is 32.3 Å². The molecule has 1 fully saturated rings. The minimum absolute atomic E-state index is 0.194. The van der Waals surface area contributed by atoms with Crippen LogP contribution < -0.4 is 5.32 Å². The summed E-state index contributed by atoms with van der Waals surface area (Å²) in [6.45, 7) is 1.01. The molecule has 2 rings (SSSR count). The first kappa shape index (κ1) is 10.9. The second kappa shape index (κ2) is 4.97. The van der Waals surface area contributed by atoms with Crippen LogP contribution in [0.2, 0.25) is 5.02 Å². The van der Waals surface area contributed by atoms with E-state index in [9.17, 15) is 5.11 Å². The molecule has 3 heteroatoms. The van der Waals surface area contributed by atoms with E-state index in [1.807, 2.05) is 24.3 Å². The molecule has 1 heterocycles. The number of rotatable bonds is 2. The monoisotopic (exact) mass is 225 g/mol. The smallest absolute Gasteiger partial charge is 0.0696 e. The molecule has 0 radical (unpaired) electrons. The molecule has 15 heavy (non-hydrogen) atoms. The van der Waals surface area contributed by atoms with Gasteiger partial charge in [0.05, 0.1) is 6.10 Å². The molecule has 0 unspecified atom stereocenters. The summed E-state index contributed by atoms with van der Waals surface area (Å²) in [5, 5.41) is 13.9. The fourth-order valence-corrected chi connectivity index (χ4v) is 2.14. The number of benzene rings is 1. The molecule has 0 aromatic heterocycles. The molecule has 1 aliphatic rings. The van der Waals surface area contributed by atoms with E-state index in [0.717, 1.165) is 30.8 Å². The molecule has 1 aliphatic heterocycles. The minimum atomic E-state index is -0.213. The summed E-state index contributed by atoms with van der Waals surface area (Å²) >= 11 is 5.82. The molecule has 1 aromatic carbocycles. The van der Waals surface area contributed by atoms with Gasteiger partial charge in [-0.05, 0) is 43.5 Å². The van der Waals surface area contributed by atoms with Crippen molar-refractivity contribution in [2.45, 2.75) is 31.4 Å². The van der Waals surface area contributed by atoms with Crippen LogP contribution in [0.15, 0.2) is 24.3 Å². The average Bonchev–Trinajstić information content (AvgIpc) is 2.25. The molecule has 2 N–H and O–H groups in total. The van der Waals surface area contributed by atoms with Gasteiger partial charge in [0.1, 0.15) is 0 Å². The van der Waals surface area contributed by atoms with Crippen molar-refractivity contribution in [2.24, 2.45) is 0 Å². The van der Waals surface area contributed by atoms with Crippen molar-refractivity contribution in [1.82, 2.24) is 5.32 Å². The number of hydrogen-bond donors (Lipinski definition) is 2. The van der Waals surface area contributed by atoms with E-state index < -0.39 is 0 Å². The van der Waals surface area contributed by atoms with Gasteiger partial charge >= 0.3 is 0 Å². The van der Waals surface area contributed by atoms with Crippen LogP contribution in [0.25, 0.3) is 0 Å². The van der Waals surface area contributed by atoms with E-state index in [1.54, 1.807) is 0 Å². The molecule has 0 spiro atoms. The zero-order chi connectivity index (χ0) is 10.7. The first-order valence-corrected chi connectivity index (χ1v) is 5.79. The Hall–Kier alpha value is -0.570. The third kappa shape index (κ3) is 2.94. The first-order chi connectivity index (χ1) is 7.25. The lowest BCUT2D eigenvalue weighted by molar-refractivity contribution is 0.0964. The van der Waals surface area contributed by atoms with Crippen molar-refractivity contribution < 1.29 is 5.11 Å². The quantitative estimate of drug-likeness (QED) is 0.807. The van der Waals surface area contributed by atoms with Gasteiger partial charge in [0.25, 0.3) is 0 Å². The largest absolute Gasteiger partial charge is 0.391 e. The summed E-state index contributed by atoms with van der Waals surface area (Å²) < 4.78 is 0. The number of aliphatic hydroxyl groups is 1. The highest BCUT2D eigenvalue weighted by Crippen LogP contribution is 2.15. The zero-order valence-corrected chi connectivity index (χ0v) is 9.37. The van der Waals surface area contributed by atoms with Crippen LogP contribution in [0.1, 0.15) is 18.4 Å². The predicted molar refractivity (Wildman–Crippen MR) is 62.2 cm³/mol. The van der Waals surface area contributed by atoms with Crippen LogP contribution in [0, 0.1) is 0 Å². The Morgan fingerprint density at radius 2 is 2.07 bits per heavy atom. The maximum atomic E-state index is 9.80. The van der Waals surface area contributed by atoms with E-state index in [2.05, 4.69) is 5.32 Å². The molecule has 0 amide bonds. The fraction of sp³-hybridized carbons (Fsp3) is 0.500. The minimum Gasteiger partial charge on any atom is -0.391 e. The van der Waals surface area contributed by atoms with Crippen LogP contribution in [0.3, 0.4) is 0 Å². The maximum Gasteiger partial charge on any atom is 0.0696 e. The van der Waals surface area contributed by atoms with E-state index in [-0.39, 0.29) is 12.1 Å². The molecule has 2 atom stereocenters. The highest BCUT2D eigenvalue weighted by Gasteiger charge is 2.22. The third-order valence-electron chi connectivity index (χ3n) is 2.92. The number of halogens is 1. The van der Waals surface area contributed by atoms with Gasteiger partial charge in [0.2, 0.25) is 0 Å².